The summed E-state index contributed by atoms with van der Waals surface area (Å²) in [6, 6.07) is 8.63. The highest BCUT2D eigenvalue weighted by Crippen LogP contribution is 2.33. The van der Waals surface area contributed by atoms with Crippen LogP contribution in [0.15, 0.2) is 24.3 Å². The number of benzene rings is 1. The van der Waals surface area contributed by atoms with Crippen LogP contribution in [0.1, 0.15) is 44.6 Å². The van der Waals surface area contributed by atoms with Crippen LogP contribution in [0, 0.1) is 5.92 Å². The van der Waals surface area contributed by atoms with Crippen LogP contribution < -0.4 is 10.5 Å². The van der Waals surface area contributed by atoms with Crippen LogP contribution in [0.5, 0.6) is 5.75 Å². The van der Waals surface area contributed by atoms with E-state index in [1.807, 2.05) is 6.07 Å². The molecule has 94 valence electrons. The Balaban J connectivity index is 1.85. The predicted octanol–water partition coefficient (Wildman–Crippen LogP) is 3.32. The molecule has 1 unspecified atom stereocenters. The van der Waals surface area contributed by atoms with Crippen molar-refractivity contribution in [2.24, 2.45) is 11.7 Å². The first-order chi connectivity index (χ1) is 8.18. The van der Waals surface area contributed by atoms with Gasteiger partial charge in [-0.1, -0.05) is 32.0 Å². The Labute approximate surface area is 104 Å². The lowest BCUT2D eigenvalue weighted by atomic mass is 10.0. The second kappa shape index (κ2) is 5.54. The van der Waals surface area contributed by atoms with E-state index in [9.17, 15) is 0 Å². The molecule has 1 saturated carbocycles. The fourth-order valence-corrected chi connectivity index (χ4v) is 2.15. The molecular weight excluding hydrogens is 210 g/mol. The minimum atomic E-state index is 0.334. The highest BCUT2D eigenvalue weighted by atomic mass is 16.5. The van der Waals surface area contributed by atoms with Gasteiger partial charge in [-0.05, 0) is 42.7 Å². The largest absolute Gasteiger partial charge is 0.493 e. The topological polar surface area (TPSA) is 35.2 Å². The molecule has 1 aliphatic carbocycles. The van der Waals surface area contributed by atoms with E-state index in [2.05, 4.69) is 32.0 Å². The van der Waals surface area contributed by atoms with Gasteiger partial charge in [0.15, 0.2) is 0 Å². The average molecular weight is 233 g/mol. The molecule has 17 heavy (non-hydrogen) atoms. The molecule has 0 radical (unpaired) electrons. The Morgan fingerprint density at radius 2 is 2.00 bits per heavy atom. The Morgan fingerprint density at radius 3 is 2.65 bits per heavy atom. The molecule has 0 amide bonds. The van der Waals surface area contributed by atoms with Crippen molar-refractivity contribution < 1.29 is 4.74 Å². The van der Waals surface area contributed by atoms with Gasteiger partial charge < -0.3 is 10.5 Å². The molecule has 2 N–H and O–H groups in total. The maximum atomic E-state index is 6.06. The first-order valence-electron chi connectivity index (χ1n) is 6.65. The van der Waals surface area contributed by atoms with Gasteiger partial charge in [-0.15, -0.1) is 0 Å². The third-order valence-electron chi connectivity index (χ3n) is 3.48. The Hall–Kier alpha value is -1.02. The smallest absolute Gasteiger partial charge is 0.122 e. The van der Waals surface area contributed by atoms with E-state index in [1.54, 1.807) is 0 Å². The van der Waals surface area contributed by atoms with Gasteiger partial charge in [-0.25, -0.2) is 0 Å². The molecule has 0 bridgehead atoms. The van der Waals surface area contributed by atoms with Crippen molar-refractivity contribution >= 4 is 0 Å². The van der Waals surface area contributed by atoms with Crippen molar-refractivity contribution in [3.8, 4) is 5.75 Å². The summed E-state index contributed by atoms with van der Waals surface area (Å²) >= 11 is 0. The van der Waals surface area contributed by atoms with Crippen LogP contribution in [0.2, 0.25) is 0 Å². The van der Waals surface area contributed by atoms with Gasteiger partial charge >= 0.3 is 0 Å². The fraction of sp³-hybridized carbons (Fsp3) is 0.600. The van der Waals surface area contributed by atoms with Gasteiger partial charge in [0.05, 0.1) is 6.61 Å². The normalized spacial score (nSPS) is 17.2. The number of nitrogens with two attached hydrogens (primary N) is 1. The van der Waals surface area contributed by atoms with Gasteiger partial charge in [0.25, 0.3) is 0 Å². The summed E-state index contributed by atoms with van der Waals surface area (Å²) in [5.41, 5.74) is 7.35. The quantitative estimate of drug-likeness (QED) is 0.818. The number of para-hydroxylation sites is 1. The Bertz CT molecular complexity index is 358. The molecule has 1 fully saturated rings. The molecule has 2 heteroatoms. The standard InChI is InChI=1S/C15H23NO/c1-11(2)13-5-3-4-6-15(13)17-10-9-14(16)12-7-8-12/h3-6,11-12,14H,7-10,16H2,1-2H3. The zero-order valence-corrected chi connectivity index (χ0v) is 10.9. The van der Waals surface area contributed by atoms with Gasteiger partial charge in [-0.3, -0.25) is 0 Å². The first kappa shape index (κ1) is 12.4. The minimum absolute atomic E-state index is 0.334. The van der Waals surface area contributed by atoms with Crippen LogP contribution in [-0.2, 0) is 0 Å². The zero-order chi connectivity index (χ0) is 12.3. The van der Waals surface area contributed by atoms with Crippen molar-refractivity contribution in [2.75, 3.05) is 6.61 Å². The SMILES string of the molecule is CC(C)c1ccccc1OCCC(N)C1CC1. The van der Waals surface area contributed by atoms with Gasteiger partial charge in [0.2, 0.25) is 0 Å². The van der Waals surface area contributed by atoms with E-state index in [4.69, 9.17) is 10.5 Å². The second-order valence-corrected chi connectivity index (χ2v) is 5.33. The van der Waals surface area contributed by atoms with Crippen LogP contribution in [-0.4, -0.2) is 12.6 Å². The van der Waals surface area contributed by atoms with Crippen LogP contribution in [0.4, 0.5) is 0 Å². The number of hydrogen-bond acceptors (Lipinski definition) is 2. The molecule has 1 aliphatic rings. The molecule has 1 aromatic rings. The highest BCUT2D eigenvalue weighted by Gasteiger charge is 2.28. The van der Waals surface area contributed by atoms with E-state index in [-0.39, 0.29) is 0 Å². The van der Waals surface area contributed by atoms with Crippen molar-refractivity contribution in [3.63, 3.8) is 0 Å². The summed E-state index contributed by atoms with van der Waals surface area (Å²) in [7, 11) is 0. The van der Waals surface area contributed by atoms with Crippen LogP contribution in [0.25, 0.3) is 0 Å². The Morgan fingerprint density at radius 1 is 1.29 bits per heavy atom. The molecule has 2 nitrogen and oxygen atoms in total. The van der Waals surface area contributed by atoms with E-state index in [0.29, 0.717) is 12.0 Å². The van der Waals surface area contributed by atoms with Crippen molar-refractivity contribution in [1.29, 1.82) is 0 Å². The van der Waals surface area contributed by atoms with Gasteiger partial charge in [-0.2, -0.15) is 0 Å². The molecule has 0 saturated heterocycles. The molecule has 1 aromatic carbocycles. The summed E-state index contributed by atoms with van der Waals surface area (Å²) in [4.78, 5) is 0. The summed E-state index contributed by atoms with van der Waals surface area (Å²) < 4.78 is 5.87. The maximum Gasteiger partial charge on any atom is 0.122 e. The fourth-order valence-electron chi connectivity index (χ4n) is 2.15. The summed E-state index contributed by atoms with van der Waals surface area (Å²) in [6.07, 6.45) is 3.59. The summed E-state index contributed by atoms with van der Waals surface area (Å²) in [5.74, 6) is 2.28. The van der Waals surface area contributed by atoms with Crippen LogP contribution in [0.3, 0.4) is 0 Å². The van der Waals surface area contributed by atoms with Crippen LogP contribution >= 0.6 is 0 Å². The number of ether oxygens (including phenoxy) is 1. The third kappa shape index (κ3) is 3.47. The molecule has 0 spiro atoms. The molecule has 1 atom stereocenters. The molecule has 0 aliphatic heterocycles. The number of rotatable bonds is 6. The van der Waals surface area contributed by atoms with Gasteiger partial charge in [0, 0.05) is 6.04 Å². The lowest BCUT2D eigenvalue weighted by Gasteiger charge is -2.15. The molecule has 0 aromatic heterocycles. The monoisotopic (exact) mass is 233 g/mol. The highest BCUT2D eigenvalue weighted by molar-refractivity contribution is 5.35. The zero-order valence-electron chi connectivity index (χ0n) is 10.9. The number of hydrogen-bond donors (Lipinski definition) is 1. The second-order valence-electron chi connectivity index (χ2n) is 5.33. The molecular formula is C15H23NO. The van der Waals surface area contributed by atoms with E-state index < -0.39 is 0 Å². The lowest BCUT2D eigenvalue weighted by Crippen LogP contribution is -2.24. The summed E-state index contributed by atoms with van der Waals surface area (Å²) in [5, 5.41) is 0. The van der Waals surface area contributed by atoms with E-state index >= 15 is 0 Å². The average Bonchev–Trinajstić information content (AvgIpc) is 3.13. The molecule has 0 heterocycles. The molecule has 2 rings (SSSR count). The Kier molecular flexibility index (Phi) is 4.06. The van der Waals surface area contributed by atoms with Crippen molar-refractivity contribution in [3.05, 3.63) is 29.8 Å². The van der Waals surface area contributed by atoms with E-state index in [0.717, 1.165) is 24.7 Å². The lowest BCUT2D eigenvalue weighted by molar-refractivity contribution is 0.288. The third-order valence-corrected chi connectivity index (χ3v) is 3.48. The van der Waals surface area contributed by atoms with Gasteiger partial charge in [0.1, 0.15) is 5.75 Å². The van der Waals surface area contributed by atoms with E-state index in [1.165, 1.54) is 18.4 Å². The first-order valence-corrected chi connectivity index (χ1v) is 6.65. The maximum absolute atomic E-state index is 6.06. The summed E-state index contributed by atoms with van der Waals surface area (Å²) in [6.45, 7) is 5.12. The minimum Gasteiger partial charge on any atom is -0.493 e. The predicted molar refractivity (Wildman–Crippen MR) is 71.3 cm³/mol. The van der Waals surface area contributed by atoms with Crippen molar-refractivity contribution in [2.45, 2.75) is 45.1 Å². The van der Waals surface area contributed by atoms with Crippen molar-refractivity contribution in [1.82, 2.24) is 0 Å².